The largest absolute Gasteiger partial charge is 0.370 e. The van der Waals surface area contributed by atoms with Crippen molar-refractivity contribution in [3.8, 4) is 0 Å². The minimum Gasteiger partial charge on any atom is -0.370 e. The molecule has 5 nitrogen and oxygen atoms in total. The van der Waals surface area contributed by atoms with Gasteiger partial charge in [0.2, 0.25) is 11.7 Å². The van der Waals surface area contributed by atoms with Gasteiger partial charge in [-0.3, -0.25) is 0 Å². The Hall–Kier alpha value is -0.940. The van der Waals surface area contributed by atoms with Crippen LogP contribution in [-0.4, -0.2) is 17.3 Å². The van der Waals surface area contributed by atoms with Crippen LogP contribution in [0.15, 0.2) is 4.52 Å². The summed E-state index contributed by atoms with van der Waals surface area (Å²) in [4.78, 5) is 4.57. The van der Waals surface area contributed by atoms with E-state index in [0.29, 0.717) is 11.7 Å². The van der Waals surface area contributed by atoms with Crippen LogP contribution in [0.25, 0.3) is 0 Å². The second-order valence-corrected chi connectivity index (χ2v) is 6.31. The zero-order valence-corrected chi connectivity index (χ0v) is 11.8. The molecule has 0 radical (unpaired) electrons. The lowest BCUT2D eigenvalue weighted by Gasteiger charge is -2.36. The average Bonchev–Trinajstić information content (AvgIpc) is 2.88. The Bertz CT molecular complexity index is 445. The van der Waals surface area contributed by atoms with E-state index in [1.807, 2.05) is 0 Å². The summed E-state index contributed by atoms with van der Waals surface area (Å²) in [6, 6.07) is 0. The maximum absolute atomic E-state index is 6.24. The minimum absolute atomic E-state index is 0.367. The van der Waals surface area contributed by atoms with Crippen LogP contribution in [0.4, 0.5) is 0 Å². The van der Waals surface area contributed by atoms with E-state index in [-0.39, 0.29) is 11.1 Å². The monoisotopic (exact) mass is 265 g/mol. The molecule has 19 heavy (non-hydrogen) atoms. The lowest BCUT2D eigenvalue weighted by Crippen LogP contribution is -2.43. The van der Waals surface area contributed by atoms with E-state index in [4.69, 9.17) is 15.0 Å². The van der Waals surface area contributed by atoms with E-state index >= 15 is 0 Å². The van der Waals surface area contributed by atoms with Crippen molar-refractivity contribution in [3.05, 3.63) is 11.7 Å². The minimum atomic E-state index is -0.387. The second kappa shape index (κ2) is 4.56. The zero-order chi connectivity index (χ0) is 13.5. The van der Waals surface area contributed by atoms with Crippen LogP contribution in [-0.2, 0) is 15.9 Å². The molecule has 106 valence electrons. The molecule has 3 rings (SSSR count). The summed E-state index contributed by atoms with van der Waals surface area (Å²) in [6.07, 6.45) is 7.22. The molecule has 5 heteroatoms. The van der Waals surface area contributed by atoms with Crippen molar-refractivity contribution < 1.29 is 9.26 Å². The van der Waals surface area contributed by atoms with Crippen LogP contribution in [0, 0.1) is 5.92 Å². The molecule has 0 spiro atoms. The Balaban J connectivity index is 1.84. The highest BCUT2D eigenvalue weighted by Gasteiger charge is 2.44. The van der Waals surface area contributed by atoms with E-state index < -0.39 is 0 Å². The van der Waals surface area contributed by atoms with Crippen LogP contribution in [0.1, 0.15) is 63.6 Å². The van der Waals surface area contributed by atoms with Gasteiger partial charge in [-0.05, 0) is 50.9 Å². The van der Waals surface area contributed by atoms with Crippen molar-refractivity contribution in [2.45, 2.75) is 63.0 Å². The fourth-order valence-corrected chi connectivity index (χ4v) is 3.13. The fourth-order valence-electron chi connectivity index (χ4n) is 3.13. The molecule has 0 amide bonds. The van der Waals surface area contributed by atoms with Crippen molar-refractivity contribution in [2.75, 3.05) is 7.11 Å². The number of nitrogens with two attached hydrogens (primary N) is 1. The van der Waals surface area contributed by atoms with E-state index in [1.54, 1.807) is 7.11 Å². The van der Waals surface area contributed by atoms with Gasteiger partial charge in [-0.25, -0.2) is 0 Å². The molecule has 0 aliphatic heterocycles. The number of methoxy groups -OCH3 is 1. The summed E-state index contributed by atoms with van der Waals surface area (Å²) < 4.78 is 11.2. The van der Waals surface area contributed by atoms with Gasteiger partial charge in [0, 0.05) is 7.11 Å². The molecular formula is C14H23N3O2. The molecule has 1 heterocycles. The Morgan fingerprint density at radius 1 is 1.26 bits per heavy atom. The summed E-state index contributed by atoms with van der Waals surface area (Å²) in [6.45, 7) is 2.28. The Morgan fingerprint density at radius 2 is 1.95 bits per heavy atom. The molecule has 1 aromatic rings. The summed E-state index contributed by atoms with van der Waals surface area (Å²) >= 11 is 0. The quantitative estimate of drug-likeness (QED) is 0.908. The van der Waals surface area contributed by atoms with Gasteiger partial charge in [0.25, 0.3) is 0 Å². The third-order valence-corrected chi connectivity index (χ3v) is 4.98. The maximum atomic E-state index is 6.24. The molecular weight excluding hydrogens is 242 g/mol. The van der Waals surface area contributed by atoms with E-state index in [0.717, 1.165) is 50.9 Å². The van der Waals surface area contributed by atoms with Crippen molar-refractivity contribution >= 4 is 0 Å². The maximum Gasteiger partial charge on any atom is 0.246 e. The number of nitrogens with zero attached hydrogens (tertiary/aromatic N) is 2. The van der Waals surface area contributed by atoms with Crippen LogP contribution in [0.2, 0.25) is 0 Å². The molecule has 2 saturated carbocycles. The first kappa shape index (κ1) is 13.1. The van der Waals surface area contributed by atoms with Gasteiger partial charge in [-0.1, -0.05) is 12.1 Å². The second-order valence-electron chi connectivity index (χ2n) is 6.31. The van der Waals surface area contributed by atoms with Crippen molar-refractivity contribution in [1.29, 1.82) is 0 Å². The van der Waals surface area contributed by atoms with Crippen molar-refractivity contribution in [2.24, 2.45) is 11.7 Å². The number of rotatable bonds is 3. The van der Waals surface area contributed by atoms with Crippen LogP contribution < -0.4 is 5.73 Å². The van der Waals surface area contributed by atoms with Gasteiger partial charge in [0.1, 0.15) is 5.60 Å². The molecule has 0 unspecified atom stereocenters. The Morgan fingerprint density at radius 3 is 2.47 bits per heavy atom. The number of hydrogen-bond donors (Lipinski definition) is 1. The fraction of sp³-hybridized carbons (Fsp3) is 0.857. The first-order valence-electron chi connectivity index (χ1n) is 7.27. The molecule has 2 aliphatic rings. The van der Waals surface area contributed by atoms with Gasteiger partial charge in [-0.15, -0.1) is 0 Å². The predicted molar refractivity (Wildman–Crippen MR) is 70.3 cm³/mol. The lowest BCUT2D eigenvalue weighted by molar-refractivity contribution is -0.0609. The molecule has 0 atom stereocenters. The molecule has 0 bridgehead atoms. The van der Waals surface area contributed by atoms with Crippen molar-refractivity contribution in [1.82, 2.24) is 10.1 Å². The summed E-state index contributed by atoms with van der Waals surface area (Å²) in [5.41, 5.74) is 5.48. The van der Waals surface area contributed by atoms with Crippen molar-refractivity contribution in [3.63, 3.8) is 0 Å². The van der Waals surface area contributed by atoms with E-state index in [9.17, 15) is 0 Å². The average molecular weight is 265 g/mol. The summed E-state index contributed by atoms with van der Waals surface area (Å²) in [5, 5.41) is 4.16. The first-order valence-corrected chi connectivity index (χ1v) is 7.27. The smallest absolute Gasteiger partial charge is 0.246 e. The molecule has 1 aromatic heterocycles. The SMILES string of the molecule is COC1(c2noc(C3(N)CCC3)n2)CCC(C)CC1. The topological polar surface area (TPSA) is 74.2 Å². The van der Waals surface area contributed by atoms with Crippen LogP contribution in [0.5, 0.6) is 0 Å². The Labute approximate surface area is 113 Å². The molecule has 2 fully saturated rings. The van der Waals surface area contributed by atoms with E-state index in [2.05, 4.69) is 17.1 Å². The Kier molecular flexibility index (Phi) is 3.14. The summed E-state index contributed by atoms with van der Waals surface area (Å²) in [5.74, 6) is 2.03. The lowest BCUT2D eigenvalue weighted by atomic mass is 9.77. The van der Waals surface area contributed by atoms with Gasteiger partial charge in [-0.2, -0.15) is 4.98 Å². The highest BCUT2D eigenvalue weighted by atomic mass is 16.5. The van der Waals surface area contributed by atoms with Gasteiger partial charge in [0.15, 0.2) is 0 Å². The summed E-state index contributed by atoms with van der Waals surface area (Å²) in [7, 11) is 1.74. The van der Waals surface area contributed by atoms with Gasteiger partial charge >= 0.3 is 0 Å². The number of hydrogen-bond acceptors (Lipinski definition) is 5. The van der Waals surface area contributed by atoms with Gasteiger partial charge in [0.05, 0.1) is 5.54 Å². The third kappa shape index (κ3) is 2.09. The normalized spacial score (nSPS) is 33.9. The highest BCUT2D eigenvalue weighted by Crippen LogP contribution is 2.43. The number of aromatic nitrogens is 2. The van der Waals surface area contributed by atoms with Crippen LogP contribution >= 0.6 is 0 Å². The first-order chi connectivity index (χ1) is 9.08. The zero-order valence-electron chi connectivity index (χ0n) is 11.8. The molecule has 2 aliphatic carbocycles. The molecule has 0 aromatic carbocycles. The molecule has 0 saturated heterocycles. The third-order valence-electron chi connectivity index (χ3n) is 4.98. The van der Waals surface area contributed by atoms with Crippen LogP contribution in [0.3, 0.4) is 0 Å². The van der Waals surface area contributed by atoms with E-state index in [1.165, 1.54) is 0 Å². The standard InChI is InChI=1S/C14H23N3O2/c1-10-4-8-14(18-2,9-5-10)11-16-12(19-17-11)13(15)6-3-7-13/h10H,3-9,15H2,1-2H3. The molecule has 2 N–H and O–H groups in total. The predicted octanol–water partition coefficient (Wildman–Crippen LogP) is 2.46. The number of ether oxygens (including phenoxy) is 1. The van der Waals surface area contributed by atoms with Gasteiger partial charge < -0.3 is 15.0 Å². The highest BCUT2D eigenvalue weighted by molar-refractivity contribution is 5.11.